The van der Waals surface area contributed by atoms with E-state index in [4.69, 9.17) is 5.73 Å². The summed E-state index contributed by atoms with van der Waals surface area (Å²) >= 11 is 0. The maximum absolute atomic E-state index is 12.7. The van der Waals surface area contributed by atoms with Crippen molar-refractivity contribution in [2.75, 3.05) is 6.54 Å². The summed E-state index contributed by atoms with van der Waals surface area (Å²) in [5, 5.41) is 2.03. The SMILES string of the molecule is NCC1CCCC1C(=O)c1cncc2ccccc12. The second-order valence-electron chi connectivity index (χ2n) is 5.31. The Kier molecular flexibility index (Phi) is 3.30. The minimum atomic E-state index is 0.0811. The topological polar surface area (TPSA) is 56.0 Å². The second kappa shape index (κ2) is 5.10. The number of Topliss-reactive ketones (excluding diaryl/α,β-unsaturated/α-hetero) is 1. The molecule has 0 bridgehead atoms. The molecule has 19 heavy (non-hydrogen) atoms. The summed E-state index contributed by atoms with van der Waals surface area (Å²) < 4.78 is 0. The van der Waals surface area contributed by atoms with Gasteiger partial charge in [-0.1, -0.05) is 30.7 Å². The monoisotopic (exact) mass is 254 g/mol. The first-order valence-corrected chi connectivity index (χ1v) is 6.88. The molecule has 1 heterocycles. The van der Waals surface area contributed by atoms with Crippen molar-refractivity contribution in [3.8, 4) is 0 Å². The molecule has 3 nitrogen and oxygen atoms in total. The predicted octanol–water partition coefficient (Wildman–Crippen LogP) is 2.79. The minimum Gasteiger partial charge on any atom is -0.330 e. The van der Waals surface area contributed by atoms with Gasteiger partial charge in [0.05, 0.1) is 0 Å². The van der Waals surface area contributed by atoms with Crippen LogP contribution in [0.3, 0.4) is 0 Å². The number of pyridine rings is 1. The van der Waals surface area contributed by atoms with Gasteiger partial charge in [0.15, 0.2) is 5.78 Å². The van der Waals surface area contributed by atoms with Crippen LogP contribution in [0.1, 0.15) is 29.6 Å². The average Bonchev–Trinajstić information content (AvgIpc) is 2.94. The molecule has 2 unspecified atom stereocenters. The van der Waals surface area contributed by atoms with Crippen LogP contribution in [0, 0.1) is 11.8 Å². The van der Waals surface area contributed by atoms with E-state index in [1.54, 1.807) is 12.4 Å². The third-order valence-electron chi connectivity index (χ3n) is 4.23. The minimum absolute atomic E-state index is 0.0811. The highest BCUT2D eigenvalue weighted by Gasteiger charge is 2.33. The highest BCUT2D eigenvalue weighted by Crippen LogP contribution is 2.34. The van der Waals surface area contributed by atoms with Gasteiger partial charge in [-0.05, 0) is 30.7 Å². The third kappa shape index (κ3) is 2.15. The molecule has 1 saturated carbocycles. The highest BCUT2D eigenvalue weighted by atomic mass is 16.1. The van der Waals surface area contributed by atoms with Crippen LogP contribution in [0.15, 0.2) is 36.7 Å². The van der Waals surface area contributed by atoms with Crippen LogP contribution in [0.25, 0.3) is 10.8 Å². The summed E-state index contributed by atoms with van der Waals surface area (Å²) in [7, 11) is 0. The molecule has 3 heteroatoms. The number of benzene rings is 1. The van der Waals surface area contributed by atoms with Crippen molar-refractivity contribution in [2.45, 2.75) is 19.3 Å². The number of aromatic nitrogens is 1. The molecule has 0 saturated heterocycles. The molecule has 2 aromatic rings. The zero-order chi connectivity index (χ0) is 13.2. The maximum atomic E-state index is 12.7. The normalized spacial score (nSPS) is 22.8. The maximum Gasteiger partial charge on any atom is 0.168 e. The Morgan fingerprint density at radius 2 is 2.11 bits per heavy atom. The fraction of sp³-hybridized carbons (Fsp3) is 0.375. The molecule has 0 amide bonds. The van der Waals surface area contributed by atoms with Gasteiger partial charge < -0.3 is 5.73 Å². The van der Waals surface area contributed by atoms with E-state index in [1.807, 2.05) is 24.3 Å². The lowest BCUT2D eigenvalue weighted by Crippen LogP contribution is -2.25. The number of carbonyl (C=O) groups is 1. The molecule has 1 aromatic heterocycles. The molecular weight excluding hydrogens is 236 g/mol. The quantitative estimate of drug-likeness (QED) is 0.857. The molecule has 0 aliphatic heterocycles. The van der Waals surface area contributed by atoms with Gasteiger partial charge in [-0.15, -0.1) is 0 Å². The molecule has 2 atom stereocenters. The fourth-order valence-corrected chi connectivity index (χ4v) is 3.18. The molecule has 1 aliphatic rings. The van der Waals surface area contributed by atoms with Gasteiger partial charge in [-0.25, -0.2) is 0 Å². The molecule has 1 aromatic carbocycles. The summed E-state index contributed by atoms with van der Waals surface area (Å²) in [6.45, 7) is 0.606. The van der Waals surface area contributed by atoms with E-state index in [2.05, 4.69) is 4.98 Å². The van der Waals surface area contributed by atoms with Crippen LogP contribution >= 0.6 is 0 Å². The number of rotatable bonds is 3. The Hall–Kier alpha value is -1.74. The number of hydrogen-bond donors (Lipinski definition) is 1. The Morgan fingerprint density at radius 1 is 1.26 bits per heavy atom. The summed E-state index contributed by atoms with van der Waals surface area (Å²) in [5.41, 5.74) is 6.54. The smallest absolute Gasteiger partial charge is 0.168 e. The molecular formula is C16H18N2O. The number of fused-ring (bicyclic) bond motifs is 1. The lowest BCUT2D eigenvalue weighted by atomic mass is 9.87. The Bertz CT molecular complexity index is 603. The molecule has 1 aliphatic carbocycles. The summed E-state index contributed by atoms with van der Waals surface area (Å²) in [5.74, 6) is 0.640. The van der Waals surface area contributed by atoms with Gasteiger partial charge >= 0.3 is 0 Å². The van der Waals surface area contributed by atoms with Gasteiger partial charge in [-0.3, -0.25) is 9.78 Å². The first-order chi connectivity index (χ1) is 9.31. The van der Waals surface area contributed by atoms with Crippen molar-refractivity contribution in [3.05, 3.63) is 42.2 Å². The van der Waals surface area contributed by atoms with Crippen molar-refractivity contribution < 1.29 is 4.79 Å². The Labute approximate surface area is 112 Å². The largest absolute Gasteiger partial charge is 0.330 e. The summed E-state index contributed by atoms with van der Waals surface area (Å²) in [4.78, 5) is 16.9. The fourth-order valence-electron chi connectivity index (χ4n) is 3.18. The van der Waals surface area contributed by atoms with Gasteiger partial charge in [0.1, 0.15) is 0 Å². The van der Waals surface area contributed by atoms with E-state index in [0.717, 1.165) is 35.6 Å². The molecule has 0 spiro atoms. The van der Waals surface area contributed by atoms with Crippen LogP contribution < -0.4 is 5.73 Å². The van der Waals surface area contributed by atoms with Crippen molar-refractivity contribution >= 4 is 16.6 Å². The van der Waals surface area contributed by atoms with Crippen molar-refractivity contribution in [1.29, 1.82) is 0 Å². The second-order valence-corrected chi connectivity index (χ2v) is 5.31. The van der Waals surface area contributed by atoms with Crippen LogP contribution in [0.4, 0.5) is 0 Å². The lowest BCUT2D eigenvalue weighted by molar-refractivity contribution is 0.0895. The first-order valence-electron chi connectivity index (χ1n) is 6.88. The number of ketones is 1. The van der Waals surface area contributed by atoms with E-state index in [0.29, 0.717) is 12.5 Å². The summed E-state index contributed by atoms with van der Waals surface area (Å²) in [6, 6.07) is 7.93. The number of hydrogen-bond acceptors (Lipinski definition) is 3. The zero-order valence-corrected chi connectivity index (χ0v) is 10.9. The molecule has 3 rings (SSSR count). The lowest BCUT2D eigenvalue weighted by Gasteiger charge is -2.17. The third-order valence-corrected chi connectivity index (χ3v) is 4.23. The van der Waals surface area contributed by atoms with Gasteiger partial charge in [-0.2, -0.15) is 0 Å². The van der Waals surface area contributed by atoms with Gasteiger partial charge in [0, 0.05) is 29.3 Å². The Morgan fingerprint density at radius 3 is 2.95 bits per heavy atom. The van der Waals surface area contributed by atoms with Crippen LogP contribution in [0.2, 0.25) is 0 Å². The van der Waals surface area contributed by atoms with Crippen molar-refractivity contribution in [1.82, 2.24) is 4.98 Å². The molecule has 98 valence electrons. The van der Waals surface area contributed by atoms with Gasteiger partial charge in [0.25, 0.3) is 0 Å². The van der Waals surface area contributed by atoms with E-state index >= 15 is 0 Å². The predicted molar refractivity (Wildman–Crippen MR) is 76.0 cm³/mol. The molecule has 1 fully saturated rings. The van der Waals surface area contributed by atoms with E-state index in [-0.39, 0.29) is 11.7 Å². The average molecular weight is 254 g/mol. The van der Waals surface area contributed by atoms with Crippen molar-refractivity contribution in [2.24, 2.45) is 17.6 Å². The van der Waals surface area contributed by atoms with Gasteiger partial charge in [0.2, 0.25) is 0 Å². The van der Waals surface area contributed by atoms with E-state index in [1.165, 1.54) is 0 Å². The first kappa shape index (κ1) is 12.3. The van der Waals surface area contributed by atoms with Crippen molar-refractivity contribution in [3.63, 3.8) is 0 Å². The van der Waals surface area contributed by atoms with E-state index in [9.17, 15) is 4.79 Å². The van der Waals surface area contributed by atoms with Crippen LogP contribution in [-0.2, 0) is 0 Å². The highest BCUT2D eigenvalue weighted by molar-refractivity contribution is 6.08. The van der Waals surface area contributed by atoms with E-state index < -0.39 is 0 Å². The molecule has 2 N–H and O–H groups in total. The summed E-state index contributed by atoms with van der Waals surface area (Å²) in [6.07, 6.45) is 6.66. The molecule has 0 radical (unpaired) electrons. The van der Waals surface area contributed by atoms with Crippen LogP contribution in [-0.4, -0.2) is 17.3 Å². The number of nitrogens with two attached hydrogens (primary N) is 1. The number of carbonyl (C=O) groups excluding carboxylic acids is 1. The van der Waals surface area contributed by atoms with Crippen LogP contribution in [0.5, 0.6) is 0 Å². The number of nitrogens with zero attached hydrogens (tertiary/aromatic N) is 1. The Balaban J connectivity index is 2.02. The standard InChI is InChI=1S/C16H18N2O/c17-8-11-5-3-7-14(11)16(19)15-10-18-9-12-4-1-2-6-13(12)15/h1-2,4,6,9-11,14H,3,5,7-8,17H2. The zero-order valence-electron chi connectivity index (χ0n) is 10.9.